The summed E-state index contributed by atoms with van der Waals surface area (Å²) >= 11 is 0. The molecule has 0 bridgehead atoms. The largest absolute Gasteiger partial charge is 0.508 e. The number of nitrogens with two attached hydrogens (primary N) is 2. The van der Waals surface area contributed by atoms with Crippen LogP contribution in [0.2, 0.25) is 0 Å². The molecule has 0 aliphatic carbocycles. The van der Waals surface area contributed by atoms with E-state index in [1.807, 2.05) is 7.05 Å². The smallest absolute Gasteiger partial charge is 0.268 e. The van der Waals surface area contributed by atoms with Gasteiger partial charge in [-0.3, -0.25) is 19.1 Å². The lowest BCUT2D eigenvalue weighted by molar-refractivity contribution is 0.100. The van der Waals surface area contributed by atoms with Crippen LogP contribution in [0.4, 0.5) is 11.5 Å². The molecule has 1 amide bonds. The average Bonchev–Trinajstić information content (AvgIpc) is 3.11. The summed E-state index contributed by atoms with van der Waals surface area (Å²) in [5, 5.41) is 13.9. The molecule has 3 heterocycles. The minimum Gasteiger partial charge on any atom is -0.508 e. The number of pyridine rings is 2. The minimum atomic E-state index is -0.781. The van der Waals surface area contributed by atoms with Crippen molar-refractivity contribution in [2.24, 2.45) is 5.73 Å². The molecule has 0 saturated carbocycles. The molecule has 1 aliphatic rings. The summed E-state index contributed by atoms with van der Waals surface area (Å²) in [5.74, 6) is -0.866. The second-order valence-corrected chi connectivity index (χ2v) is 8.11. The Morgan fingerprint density at radius 3 is 2.68 bits per heavy atom. The first-order valence-corrected chi connectivity index (χ1v) is 10.1. The van der Waals surface area contributed by atoms with E-state index in [9.17, 15) is 14.7 Å². The molecule has 1 aliphatic heterocycles. The maximum absolute atomic E-state index is 13.8. The lowest BCUT2D eigenvalue weighted by Crippen LogP contribution is -2.30. The Labute approximate surface area is 179 Å². The van der Waals surface area contributed by atoms with Crippen molar-refractivity contribution >= 4 is 28.3 Å². The molecule has 9 nitrogen and oxygen atoms in total. The predicted octanol–water partition coefficient (Wildman–Crippen LogP) is 1.51. The highest BCUT2D eigenvalue weighted by molar-refractivity contribution is 6.11. The van der Waals surface area contributed by atoms with Gasteiger partial charge in [0, 0.05) is 24.3 Å². The number of carbonyl (C=O) groups excluding carboxylic acids is 1. The predicted molar refractivity (Wildman–Crippen MR) is 121 cm³/mol. The molecule has 31 heavy (non-hydrogen) atoms. The summed E-state index contributed by atoms with van der Waals surface area (Å²) in [6, 6.07) is 5.11. The van der Waals surface area contributed by atoms with Crippen LogP contribution in [0.5, 0.6) is 5.75 Å². The van der Waals surface area contributed by atoms with Gasteiger partial charge in [-0.15, -0.1) is 0 Å². The van der Waals surface area contributed by atoms with E-state index in [0.29, 0.717) is 16.9 Å². The van der Waals surface area contributed by atoms with E-state index in [0.717, 1.165) is 25.1 Å². The highest BCUT2D eigenvalue weighted by atomic mass is 16.3. The van der Waals surface area contributed by atoms with E-state index in [2.05, 4.69) is 15.2 Å². The number of nitrogen functional groups attached to an aromatic ring is 1. The molecule has 4 rings (SSSR count). The highest BCUT2D eigenvalue weighted by Crippen LogP contribution is 2.32. The number of anilines is 2. The first kappa shape index (κ1) is 20.7. The summed E-state index contributed by atoms with van der Waals surface area (Å²) in [6.07, 6.45) is 2.46. The molecular weight excluding hydrogens is 396 g/mol. The topological polar surface area (TPSA) is 140 Å². The summed E-state index contributed by atoms with van der Waals surface area (Å²) < 4.78 is 1.25. The van der Waals surface area contributed by atoms with Crippen LogP contribution >= 0.6 is 0 Å². The molecule has 1 atom stereocenters. The number of rotatable bonds is 4. The number of fused-ring (bicyclic) bond motifs is 1. The number of phenolic OH excluding ortho intramolecular Hbond substituents is 1. The number of amides is 1. The van der Waals surface area contributed by atoms with Crippen LogP contribution in [0.1, 0.15) is 27.9 Å². The van der Waals surface area contributed by atoms with Crippen molar-refractivity contribution in [2.75, 3.05) is 31.2 Å². The number of nitrogens with zero attached hydrogens (tertiary/aromatic N) is 3. The standard InChI is InChI=1S/C22H26N6O3/c1-11-4-5-15(29)12(2)19(11)28-20(23)17(21(24)30)18-16(22(28)31)14(6-8-25-18)26-13-7-9-27(3)10-13/h4-6,8,13,29H,7,9-10,23H2,1-3H3,(H2,24,30)(H,25,26)/t13-/m1/s1. The van der Waals surface area contributed by atoms with Gasteiger partial charge in [0.15, 0.2) is 0 Å². The molecule has 1 saturated heterocycles. The molecule has 9 heteroatoms. The number of aryl methyl sites for hydroxylation is 1. The average molecular weight is 422 g/mol. The number of likely N-dealkylation sites (N-methyl/N-ethyl adjacent to an activating group) is 1. The second kappa shape index (κ2) is 7.59. The van der Waals surface area contributed by atoms with E-state index in [1.54, 1.807) is 32.0 Å². The van der Waals surface area contributed by atoms with Crippen LogP contribution in [0.3, 0.4) is 0 Å². The fourth-order valence-electron chi connectivity index (χ4n) is 4.35. The van der Waals surface area contributed by atoms with Crippen molar-refractivity contribution in [2.45, 2.75) is 26.3 Å². The lowest BCUT2D eigenvalue weighted by atomic mass is 10.0. The van der Waals surface area contributed by atoms with Crippen LogP contribution < -0.4 is 22.3 Å². The molecule has 162 valence electrons. The van der Waals surface area contributed by atoms with Gasteiger partial charge in [-0.2, -0.15) is 0 Å². The molecule has 6 N–H and O–H groups in total. The number of hydrogen-bond donors (Lipinski definition) is 4. The zero-order valence-electron chi connectivity index (χ0n) is 17.8. The molecule has 3 aromatic rings. The molecule has 0 spiro atoms. The van der Waals surface area contributed by atoms with Gasteiger partial charge in [-0.25, -0.2) is 0 Å². The molecular formula is C22H26N6O3. The normalized spacial score (nSPS) is 16.7. The number of benzene rings is 1. The van der Waals surface area contributed by atoms with Gasteiger partial charge in [0.2, 0.25) is 0 Å². The summed E-state index contributed by atoms with van der Waals surface area (Å²) in [7, 11) is 2.04. The minimum absolute atomic E-state index is 0.0196. The summed E-state index contributed by atoms with van der Waals surface area (Å²) in [6.45, 7) is 5.28. The number of phenols is 1. The summed E-state index contributed by atoms with van der Waals surface area (Å²) in [5.41, 5.74) is 13.9. The molecule has 0 radical (unpaired) electrons. The SMILES string of the molecule is Cc1ccc(O)c(C)c1-n1c(N)c(C(N)=O)c2nccc(N[C@@H]3CCN(C)C3)c2c1=O. The Kier molecular flexibility index (Phi) is 5.06. The van der Waals surface area contributed by atoms with Gasteiger partial charge in [0.05, 0.1) is 22.3 Å². The number of aromatic nitrogens is 2. The second-order valence-electron chi connectivity index (χ2n) is 8.11. The first-order valence-electron chi connectivity index (χ1n) is 10.1. The molecule has 2 aromatic heterocycles. The maximum Gasteiger partial charge on any atom is 0.268 e. The monoisotopic (exact) mass is 422 g/mol. The van der Waals surface area contributed by atoms with Crippen molar-refractivity contribution in [3.63, 3.8) is 0 Å². The third-order valence-electron chi connectivity index (χ3n) is 5.93. The number of aromatic hydroxyl groups is 1. The van der Waals surface area contributed by atoms with Crippen molar-refractivity contribution in [1.82, 2.24) is 14.5 Å². The number of hydrogen-bond acceptors (Lipinski definition) is 7. The first-order chi connectivity index (χ1) is 14.7. The van der Waals surface area contributed by atoms with Crippen LogP contribution in [-0.4, -0.2) is 51.6 Å². The maximum atomic E-state index is 13.8. The van der Waals surface area contributed by atoms with Crippen LogP contribution in [0.15, 0.2) is 29.2 Å². The Balaban J connectivity index is 2.07. The molecule has 1 fully saturated rings. The summed E-state index contributed by atoms with van der Waals surface area (Å²) in [4.78, 5) is 32.6. The Morgan fingerprint density at radius 2 is 2.03 bits per heavy atom. The van der Waals surface area contributed by atoms with Crippen molar-refractivity contribution in [3.05, 3.63) is 51.4 Å². The van der Waals surface area contributed by atoms with E-state index in [1.165, 1.54) is 10.8 Å². The highest BCUT2D eigenvalue weighted by Gasteiger charge is 2.26. The van der Waals surface area contributed by atoms with Gasteiger partial charge in [-0.05, 0) is 51.6 Å². The Hall–Kier alpha value is -3.59. The zero-order chi connectivity index (χ0) is 22.4. The van der Waals surface area contributed by atoms with E-state index < -0.39 is 11.5 Å². The van der Waals surface area contributed by atoms with E-state index in [4.69, 9.17) is 11.5 Å². The van der Waals surface area contributed by atoms with Crippen LogP contribution in [0, 0.1) is 13.8 Å². The number of nitrogens with one attached hydrogen (secondary N) is 1. The van der Waals surface area contributed by atoms with Crippen molar-refractivity contribution in [1.29, 1.82) is 0 Å². The Morgan fingerprint density at radius 1 is 1.29 bits per heavy atom. The fraction of sp³-hybridized carbons (Fsp3) is 0.318. The Bertz CT molecular complexity index is 1270. The number of carbonyl (C=O) groups is 1. The van der Waals surface area contributed by atoms with Gasteiger partial charge in [0.1, 0.15) is 17.1 Å². The number of likely N-dealkylation sites (tertiary alicyclic amines) is 1. The van der Waals surface area contributed by atoms with Gasteiger partial charge in [0.25, 0.3) is 11.5 Å². The molecule has 1 aromatic carbocycles. The lowest BCUT2D eigenvalue weighted by Gasteiger charge is -2.21. The number of primary amides is 1. The van der Waals surface area contributed by atoms with Crippen LogP contribution in [0.25, 0.3) is 16.6 Å². The molecule has 0 unspecified atom stereocenters. The third-order valence-corrected chi connectivity index (χ3v) is 5.93. The van der Waals surface area contributed by atoms with E-state index in [-0.39, 0.29) is 34.1 Å². The third kappa shape index (κ3) is 3.36. The quantitative estimate of drug-likeness (QED) is 0.500. The van der Waals surface area contributed by atoms with Crippen molar-refractivity contribution < 1.29 is 9.90 Å². The fourth-order valence-corrected chi connectivity index (χ4v) is 4.35. The van der Waals surface area contributed by atoms with E-state index >= 15 is 0 Å². The van der Waals surface area contributed by atoms with Gasteiger partial charge in [-0.1, -0.05) is 6.07 Å². The van der Waals surface area contributed by atoms with Gasteiger partial charge < -0.3 is 26.8 Å². The van der Waals surface area contributed by atoms with Crippen LogP contribution in [-0.2, 0) is 0 Å². The van der Waals surface area contributed by atoms with Crippen molar-refractivity contribution in [3.8, 4) is 11.4 Å². The van der Waals surface area contributed by atoms with Gasteiger partial charge >= 0.3 is 0 Å². The zero-order valence-corrected chi connectivity index (χ0v) is 17.8.